The first-order valence-electron chi connectivity index (χ1n) is 6.95. The summed E-state index contributed by atoms with van der Waals surface area (Å²) in [7, 11) is 1.51. The summed E-state index contributed by atoms with van der Waals surface area (Å²) in [4.78, 5) is 2.54. The zero-order valence-corrected chi connectivity index (χ0v) is 12.8. The predicted octanol–water partition coefficient (Wildman–Crippen LogP) is 4.46. The van der Waals surface area contributed by atoms with E-state index in [9.17, 15) is 17.6 Å². The van der Waals surface area contributed by atoms with Crippen molar-refractivity contribution in [1.82, 2.24) is 4.98 Å². The van der Waals surface area contributed by atoms with E-state index in [0.29, 0.717) is 11.3 Å². The van der Waals surface area contributed by atoms with Gasteiger partial charge >= 0.3 is 0 Å². The fourth-order valence-electron chi connectivity index (χ4n) is 2.22. The molecule has 0 saturated heterocycles. The highest BCUT2D eigenvalue weighted by Gasteiger charge is 2.25. The van der Waals surface area contributed by atoms with Gasteiger partial charge in [0.05, 0.1) is 13.2 Å². The monoisotopic (exact) mass is 328 g/mol. The van der Waals surface area contributed by atoms with Crippen LogP contribution in [-0.4, -0.2) is 12.1 Å². The van der Waals surface area contributed by atoms with Crippen LogP contribution in [-0.2, 0) is 0 Å². The Labute approximate surface area is 131 Å². The minimum atomic E-state index is -1.69. The Bertz CT molecular complexity index is 663. The number of hydrogen-bond acceptors (Lipinski definition) is 3. The molecule has 1 unspecified atom stereocenters. The average Bonchev–Trinajstić information content (AvgIpc) is 2.53. The standard InChI is InChI=1S/C16H16F4N2O/c1-8(2)13(9-4-6-10(23-3)7-5-9)21-14-11(17)15(19)22-16(20)12(14)18/h4-8,13H,1-3H3,(H,21,22). The van der Waals surface area contributed by atoms with E-state index in [1.54, 1.807) is 24.3 Å². The van der Waals surface area contributed by atoms with E-state index in [1.807, 2.05) is 13.8 Å². The summed E-state index contributed by atoms with van der Waals surface area (Å²) in [6, 6.07) is 6.23. The molecule has 1 heterocycles. The van der Waals surface area contributed by atoms with Gasteiger partial charge in [0, 0.05) is 0 Å². The number of methoxy groups -OCH3 is 1. The maximum Gasteiger partial charge on any atom is 0.253 e. The smallest absolute Gasteiger partial charge is 0.253 e. The predicted molar refractivity (Wildman–Crippen MR) is 78.3 cm³/mol. The number of nitrogens with zero attached hydrogens (tertiary/aromatic N) is 1. The van der Waals surface area contributed by atoms with Crippen LogP contribution in [0.25, 0.3) is 0 Å². The Morgan fingerprint density at radius 3 is 1.91 bits per heavy atom. The Hall–Kier alpha value is -2.31. The summed E-state index contributed by atoms with van der Waals surface area (Å²) in [5.41, 5.74) is -0.179. The maximum atomic E-state index is 13.8. The summed E-state index contributed by atoms with van der Waals surface area (Å²) in [6.07, 6.45) is 0. The van der Waals surface area contributed by atoms with Crippen LogP contribution >= 0.6 is 0 Å². The van der Waals surface area contributed by atoms with Crippen molar-refractivity contribution < 1.29 is 22.3 Å². The topological polar surface area (TPSA) is 34.1 Å². The van der Waals surface area contributed by atoms with Gasteiger partial charge in [0.2, 0.25) is 11.6 Å². The molecule has 0 fully saturated rings. The van der Waals surface area contributed by atoms with Gasteiger partial charge in [-0.3, -0.25) is 0 Å². The van der Waals surface area contributed by atoms with Crippen LogP contribution in [0.4, 0.5) is 23.2 Å². The van der Waals surface area contributed by atoms with Gasteiger partial charge in [-0.1, -0.05) is 26.0 Å². The van der Waals surface area contributed by atoms with E-state index in [1.165, 1.54) is 7.11 Å². The molecule has 0 aliphatic heterocycles. The lowest BCUT2D eigenvalue weighted by molar-refractivity contribution is 0.407. The van der Waals surface area contributed by atoms with Gasteiger partial charge in [-0.15, -0.1) is 0 Å². The molecule has 124 valence electrons. The van der Waals surface area contributed by atoms with E-state index >= 15 is 0 Å². The third-order valence-electron chi connectivity index (χ3n) is 3.44. The molecule has 0 aliphatic carbocycles. The largest absolute Gasteiger partial charge is 0.497 e. The molecule has 1 atom stereocenters. The number of pyridine rings is 1. The Kier molecular flexibility index (Phi) is 5.08. The minimum Gasteiger partial charge on any atom is -0.497 e. The van der Waals surface area contributed by atoms with Crippen LogP contribution < -0.4 is 10.1 Å². The van der Waals surface area contributed by atoms with Crippen molar-refractivity contribution >= 4 is 5.69 Å². The van der Waals surface area contributed by atoms with Crippen molar-refractivity contribution in [2.45, 2.75) is 19.9 Å². The molecule has 2 aromatic rings. The number of ether oxygens (including phenoxy) is 1. The summed E-state index contributed by atoms with van der Waals surface area (Å²) in [6.45, 7) is 3.62. The fourth-order valence-corrected chi connectivity index (χ4v) is 2.22. The zero-order valence-electron chi connectivity index (χ0n) is 12.8. The Morgan fingerprint density at radius 1 is 0.957 bits per heavy atom. The van der Waals surface area contributed by atoms with Crippen LogP contribution in [0.2, 0.25) is 0 Å². The number of hydrogen-bond donors (Lipinski definition) is 1. The third kappa shape index (κ3) is 3.55. The Balaban J connectivity index is 2.41. The number of rotatable bonds is 5. The van der Waals surface area contributed by atoms with Gasteiger partial charge < -0.3 is 10.1 Å². The van der Waals surface area contributed by atoms with Crippen LogP contribution in [0.3, 0.4) is 0 Å². The summed E-state index contributed by atoms with van der Waals surface area (Å²) < 4.78 is 59.0. The first-order valence-corrected chi connectivity index (χ1v) is 6.95. The van der Waals surface area contributed by atoms with Crippen LogP contribution in [0.1, 0.15) is 25.5 Å². The second-order valence-corrected chi connectivity index (χ2v) is 5.34. The molecule has 0 radical (unpaired) electrons. The number of nitrogens with one attached hydrogen (secondary N) is 1. The second kappa shape index (κ2) is 6.85. The molecule has 3 nitrogen and oxygen atoms in total. The fraction of sp³-hybridized carbons (Fsp3) is 0.312. The molecule has 23 heavy (non-hydrogen) atoms. The molecule has 0 saturated carbocycles. The Morgan fingerprint density at radius 2 is 1.48 bits per heavy atom. The first kappa shape index (κ1) is 17.1. The number of benzene rings is 1. The van der Waals surface area contributed by atoms with Gasteiger partial charge in [-0.2, -0.15) is 22.5 Å². The molecule has 1 aromatic carbocycles. The molecular formula is C16H16F4N2O. The lowest BCUT2D eigenvalue weighted by Gasteiger charge is -2.24. The van der Waals surface area contributed by atoms with Crippen LogP contribution in [0, 0.1) is 29.4 Å². The van der Waals surface area contributed by atoms with Gasteiger partial charge in [-0.05, 0) is 23.6 Å². The van der Waals surface area contributed by atoms with Crippen LogP contribution in [0.15, 0.2) is 24.3 Å². The number of anilines is 1. The maximum absolute atomic E-state index is 13.8. The molecule has 0 amide bonds. The van der Waals surface area contributed by atoms with Crippen molar-refractivity contribution in [2.24, 2.45) is 5.92 Å². The van der Waals surface area contributed by atoms with Crippen molar-refractivity contribution in [2.75, 3.05) is 12.4 Å². The first-order chi connectivity index (χ1) is 10.8. The summed E-state index contributed by atoms with van der Waals surface area (Å²) >= 11 is 0. The van der Waals surface area contributed by atoms with Gasteiger partial charge in [-0.25, -0.2) is 0 Å². The molecule has 0 aliphatic rings. The summed E-state index contributed by atoms with van der Waals surface area (Å²) in [5.74, 6) is -5.98. The quantitative estimate of drug-likeness (QED) is 0.650. The molecule has 1 N–H and O–H groups in total. The third-order valence-corrected chi connectivity index (χ3v) is 3.44. The minimum absolute atomic E-state index is 0.110. The van der Waals surface area contributed by atoms with Crippen molar-refractivity contribution in [3.8, 4) is 5.75 Å². The van der Waals surface area contributed by atoms with E-state index in [2.05, 4.69) is 10.3 Å². The molecule has 1 aromatic heterocycles. The van der Waals surface area contributed by atoms with Gasteiger partial charge in [0.1, 0.15) is 11.4 Å². The highest BCUT2D eigenvalue weighted by molar-refractivity contribution is 5.48. The molecule has 0 bridgehead atoms. The zero-order chi connectivity index (χ0) is 17.1. The van der Waals surface area contributed by atoms with E-state index in [4.69, 9.17) is 4.74 Å². The van der Waals surface area contributed by atoms with Crippen molar-refractivity contribution in [3.05, 3.63) is 53.4 Å². The summed E-state index contributed by atoms with van der Waals surface area (Å²) in [5, 5.41) is 2.54. The van der Waals surface area contributed by atoms with Gasteiger partial charge in [0.25, 0.3) is 11.9 Å². The number of halogens is 4. The molecule has 0 spiro atoms. The van der Waals surface area contributed by atoms with Crippen molar-refractivity contribution in [3.63, 3.8) is 0 Å². The highest BCUT2D eigenvalue weighted by Crippen LogP contribution is 2.31. The number of aromatic nitrogens is 1. The molecular weight excluding hydrogens is 312 g/mol. The second-order valence-electron chi connectivity index (χ2n) is 5.34. The van der Waals surface area contributed by atoms with E-state index in [0.717, 1.165) is 0 Å². The molecule has 2 rings (SSSR count). The van der Waals surface area contributed by atoms with Crippen molar-refractivity contribution in [1.29, 1.82) is 0 Å². The van der Waals surface area contributed by atoms with E-state index < -0.39 is 35.3 Å². The lowest BCUT2D eigenvalue weighted by Crippen LogP contribution is -2.20. The average molecular weight is 328 g/mol. The highest BCUT2D eigenvalue weighted by atomic mass is 19.2. The SMILES string of the molecule is COc1ccc(C(Nc2c(F)c(F)nc(F)c2F)C(C)C)cc1. The molecule has 7 heteroatoms. The van der Waals surface area contributed by atoms with Gasteiger partial charge in [0.15, 0.2) is 0 Å². The van der Waals surface area contributed by atoms with E-state index in [-0.39, 0.29) is 5.92 Å². The van der Waals surface area contributed by atoms with Crippen LogP contribution in [0.5, 0.6) is 5.75 Å². The lowest BCUT2D eigenvalue weighted by atomic mass is 9.95. The normalized spacial score (nSPS) is 12.3.